The lowest BCUT2D eigenvalue weighted by Crippen LogP contribution is -2.43. The van der Waals surface area contributed by atoms with Crippen LogP contribution in [0.4, 0.5) is 5.69 Å². The molecule has 0 saturated heterocycles. The number of nitrogens with zero attached hydrogens (tertiary/aromatic N) is 1. The van der Waals surface area contributed by atoms with Crippen LogP contribution in [0.2, 0.25) is 5.02 Å². The van der Waals surface area contributed by atoms with Crippen molar-refractivity contribution in [3.8, 4) is 5.75 Å². The van der Waals surface area contributed by atoms with E-state index >= 15 is 0 Å². The minimum atomic E-state index is -0.0203. The molecule has 140 valence electrons. The molecule has 0 radical (unpaired) electrons. The van der Waals surface area contributed by atoms with Gasteiger partial charge < -0.3 is 10.1 Å². The Morgan fingerprint density at radius 3 is 2.59 bits per heavy atom. The van der Waals surface area contributed by atoms with Crippen LogP contribution in [-0.2, 0) is 0 Å². The second kappa shape index (κ2) is 8.45. The van der Waals surface area contributed by atoms with Gasteiger partial charge in [0.1, 0.15) is 11.9 Å². The van der Waals surface area contributed by atoms with E-state index in [-0.39, 0.29) is 18.1 Å². The number of carbonyl (C=O) groups is 1. The maximum absolute atomic E-state index is 12.4. The van der Waals surface area contributed by atoms with Gasteiger partial charge in [-0.25, -0.2) is 4.85 Å². The molecule has 0 aromatic heterocycles. The van der Waals surface area contributed by atoms with Gasteiger partial charge in [0, 0.05) is 11.6 Å². The Kier molecular flexibility index (Phi) is 6.03. The molecule has 0 unspecified atom stereocenters. The molecule has 1 amide bonds. The fourth-order valence-corrected chi connectivity index (χ4v) is 3.69. The summed E-state index contributed by atoms with van der Waals surface area (Å²) in [5.41, 5.74) is 2.27. The van der Waals surface area contributed by atoms with Crippen LogP contribution in [0.1, 0.15) is 42.1 Å². The maximum Gasteiger partial charge on any atom is 0.251 e. The third kappa shape index (κ3) is 4.81. The molecule has 0 bridgehead atoms. The number of benzene rings is 2. The average molecular weight is 383 g/mol. The SMILES string of the molecule is [C-]#[N+]c1ccc(O[C@@H]2CC[C@@H](NC(=O)c3ccc(C)cc3)C[C@@H]2C)cc1Cl. The van der Waals surface area contributed by atoms with Gasteiger partial charge in [-0.2, -0.15) is 0 Å². The molecule has 4 nitrogen and oxygen atoms in total. The number of aryl methyl sites for hydroxylation is 1. The zero-order chi connectivity index (χ0) is 19.4. The van der Waals surface area contributed by atoms with Gasteiger partial charge in [0.25, 0.3) is 5.91 Å². The molecule has 1 fully saturated rings. The van der Waals surface area contributed by atoms with Crippen molar-refractivity contribution in [2.45, 2.75) is 45.3 Å². The Morgan fingerprint density at radius 1 is 1.22 bits per heavy atom. The number of rotatable bonds is 4. The first kappa shape index (κ1) is 19.3. The Morgan fingerprint density at radius 2 is 1.96 bits per heavy atom. The van der Waals surface area contributed by atoms with Gasteiger partial charge >= 0.3 is 0 Å². The van der Waals surface area contributed by atoms with E-state index < -0.39 is 0 Å². The molecule has 2 aromatic rings. The van der Waals surface area contributed by atoms with Gasteiger partial charge in [-0.3, -0.25) is 4.79 Å². The summed E-state index contributed by atoms with van der Waals surface area (Å²) in [6, 6.07) is 13.0. The standard InChI is InChI=1S/C22H23ClN2O2/c1-14-4-6-16(7-5-14)22(26)25-17-8-11-21(15(2)12-17)27-18-9-10-20(24-3)19(23)13-18/h4-7,9-10,13,15,17,21H,8,11-12H2,1-2H3,(H,25,26)/t15-,17+,21+/m0/s1. The monoisotopic (exact) mass is 382 g/mol. The lowest BCUT2D eigenvalue weighted by Gasteiger charge is -2.34. The highest BCUT2D eigenvalue weighted by Gasteiger charge is 2.30. The van der Waals surface area contributed by atoms with E-state index in [0.717, 1.165) is 24.8 Å². The summed E-state index contributed by atoms with van der Waals surface area (Å²) in [5, 5.41) is 3.56. The molecule has 3 rings (SSSR count). The Labute approximate surface area is 165 Å². The van der Waals surface area contributed by atoms with Crippen LogP contribution < -0.4 is 10.1 Å². The molecule has 1 N–H and O–H groups in total. The fraction of sp³-hybridized carbons (Fsp3) is 0.364. The number of halogens is 1. The van der Waals surface area contributed by atoms with Crippen molar-refractivity contribution >= 4 is 23.2 Å². The van der Waals surface area contributed by atoms with Crippen LogP contribution in [-0.4, -0.2) is 18.1 Å². The molecule has 1 aliphatic rings. The Bertz CT molecular complexity index is 858. The predicted molar refractivity (Wildman–Crippen MR) is 108 cm³/mol. The van der Waals surface area contributed by atoms with Crippen molar-refractivity contribution in [3.05, 3.63) is 70.0 Å². The van der Waals surface area contributed by atoms with E-state index in [4.69, 9.17) is 22.9 Å². The highest BCUT2D eigenvalue weighted by molar-refractivity contribution is 6.33. The van der Waals surface area contributed by atoms with Gasteiger partial charge in [0.15, 0.2) is 0 Å². The molecule has 0 aliphatic heterocycles. The van der Waals surface area contributed by atoms with E-state index in [0.29, 0.717) is 27.9 Å². The summed E-state index contributed by atoms with van der Waals surface area (Å²) in [6.07, 6.45) is 2.69. The zero-order valence-corrected chi connectivity index (χ0v) is 16.3. The second-order valence-corrected chi connectivity index (χ2v) is 7.62. The third-order valence-electron chi connectivity index (χ3n) is 5.07. The van der Waals surface area contributed by atoms with E-state index in [2.05, 4.69) is 17.1 Å². The quantitative estimate of drug-likeness (QED) is 0.703. The van der Waals surface area contributed by atoms with Gasteiger partial charge in [-0.1, -0.05) is 42.3 Å². The summed E-state index contributed by atoms with van der Waals surface area (Å²) < 4.78 is 6.10. The van der Waals surface area contributed by atoms with Gasteiger partial charge in [-0.05, 0) is 56.4 Å². The minimum Gasteiger partial charge on any atom is -0.490 e. The number of hydrogen-bond donors (Lipinski definition) is 1. The molecule has 5 heteroatoms. The summed E-state index contributed by atoms with van der Waals surface area (Å²) in [6.45, 7) is 11.2. The summed E-state index contributed by atoms with van der Waals surface area (Å²) in [4.78, 5) is 15.8. The van der Waals surface area contributed by atoms with Crippen molar-refractivity contribution in [1.82, 2.24) is 5.32 Å². The smallest absolute Gasteiger partial charge is 0.251 e. The first-order valence-electron chi connectivity index (χ1n) is 9.17. The largest absolute Gasteiger partial charge is 0.490 e. The molecule has 1 saturated carbocycles. The van der Waals surface area contributed by atoms with Crippen molar-refractivity contribution in [2.24, 2.45) is 5.92 Å². The minimum absolute atomic E-state index is 0.0203. The van der Waals surface area contributed by atoms with Crippen molar-refractivity contribution in [2.75, 3.05) is 0 Å². The van der Waals surface area contributed by atoms with Gasteiger partial charge in [0.2, 0.25) is 5.69 Å². The van der Waals surface area contributed by atoms with Crippen LogP contribution in [0, 0.1) is 19.4 Å². The lowest BCUT2D eigenvalue weighted by atomic mass is 9.84. The first-order chi connectivity index (χ1) is 13.0. The maximum atomic E-state index is 12.4. The molecule has 3 atom stereocenters. The third-order valence-corrected chi connectivity index (χ3v) is 5.37. The Hall–Kier alpha value is -2.51. The fourth-order valence-electron chi connectivity index (χ4n) is 3.47. The zero-order valence-electron chi connectivity index (χ0n) is 15.5. The van der Waals surface area contributed by atoms with Crippen molar-refractivity contribution in [1.29, 1.82) is 0 Å². The van der Waals surface area contributed by atoms with Crippen LogP contribution >= 0.6 is 11.6 Å². The normalized spacial score (nSPS) is 21.9. The lowest BCUT2D eigenvalue weighted by molar-refractivity contribution is 0.0761. The Balaban J connectivity index is 1.56. The molecule has 1 aliphatic carbocycles. The van der Waals surface area contributed by atoms with Gasteiger partial charge in [-0.15, -0.1) is 0 Å². The molecule has 0 heterocycles. The van der Waals surface area contributed by atoms with Gasteiger partial charge in [0.05, 0.1) is 11.6 Å². The summed E-state index contributed by atoms with van der Waals surface area (Å²) in [5.74, 6) is 0.973. The van der Waals surface area contributed by atoms with E-state index in [1.165, 1.54) is 0 Å². The molecule has 0 spiro atoms. The number of ether oxygens (including phenoxy) is 1. The van der Waals surface area contributed by atoms with E-state index in [1.54, 1.807) is 18.2 Å². The van der Waals surface area contributed by atoms with Crippen LogP contribution in [0.5, 0.6) is 5.75 Å². The number of carbonyl (C=O) groups excluding carboxylic acids is 1. The highest BCUT2D eigenvalue weighted by Crippen LogP contribution is 2.33. The molecule has 2 aromatic carbocycles. The van der Waals surface area contributed by atoms with Crippen molar-refractivity contribution < 1.29 is 9.53 Å². The van der Waals surface area contributed by atoms with Crippen LogP contribution in [0.3, 0.4) is 0 Å². The average Bonchev–Trinajstić information content (AvgIpc) is 2.64. The number of amides is 1. The molecular formula is C22H23ClN2O2. The van der Waals surface area contributed by atoms with Crippen LogP contribution in [0.25, 0.3) is 4.85 Å². The van der Waals surface area contributed by atoms with E-state index in [9.17, 15) is 4.79 Å². The molecule has 27 heavy (non-hydrogen) atoms. The number of nitrogens with one attached hydrogen (secondary N) is 1. The highest BCUT2D eigenvalue weighted by atomic mass is 35.5. The molecular weight excluding hydrogens is 360 g/mol. The van der Waals surface area contributed by atoms with Crippen molar-refractivity contribution in [3.63, 3.8) is 0 Å². The predicted octanol–water partition coefficient (Wildman–Crippen LogP) is 5.57. The summed E-state index contributed by atoms with van der Waals surface area (Å²) in [7, 11) is 0. The second-order valence-electron chi connectivity index (χ2n) is 7.21. The van der Waals surface area contributed by atoms with Crippen LogP contribution in [0.15, 0.2) is 42.5 Å². The summed E-state index contributed by atoms with van der Waals surface area (Å²) >= 11 is 6.09. The first-order valence-corrected chi connectivity index (χ1v) is 9.55. The van der Waals surface area contributed by atoms with E-state index in [1.807, 2.05) is 31.2 Å². The topological polar surface area (TPSA) is 42.7 Å². The number of hydrogen-bond acceptors (Lipinski definition) is 2.